The molecule has 18 heavy (non-hydrogen) atoms. The van der Waals surface area contributed by atoms with Crippen molar-refractivity contribution in [3.63, 3.8) is 0 Å². The number of nitrogens with zero attached hydrogens (tertiary/aromatic N) is 3. The zero-order valence-electron chi connectivity index (χ0n) is 10.2. The van der Waals surface area contributed by atoms with Crippen LogP contribution in [0.25, 0.3) is 5.69 Å². The number of hydrogen-bond donors (Lipinski definition) is 1. The summed E-state index contributed by atoms with van der Waals surface area (Å²) >= 11 is 0. The number of aromatic nitrogens is 3. The van der Waals surface area contributed by atoms with Crippen molar-refractivity contribution in [2.45, 2.75) is 13.0 Å². The van der Waals surface area contributed by atoms with Gasteiger partial charge in [0.15, 0.2) is 0 Å². The van der Waals surface area contributed by atoms with E-state index in [2.05, 4.69) is 15.4 Å². The van der Waals surface area contributed by atoms with E-state index in [-0.39, 0.29) is 5.91 Å². The van der Waals surface area contributed by atoms with Crippen LogP contribution in [0.5, 0.6) is 0 Å². The first kappa shape index (κ1) is 12.3. The second-order valence-electron chi connectivity index (χ2n) is 3.75. The average molecular weight is 246 g/mol. The van der Waals surface area contributed by atoms with Crippen molar-refractivity contribution in [2.24, 2.45) is 0 Å². The summed E-state index contributed by atoms with van der Waals surface area (Å²) in [5.74, 6) is -0.175. The number of hydrogen-bond acceptors (Lipinski definition) is 4. The highest BCUT2D eigenvalue weighted by atomic mass is 16.5. The smallest absolute Gasteiger partial charge is 0.253 e. The van der Waals surface area contributed by atoms with Crippen LogP contribution in [0.2, 0.25) is 0 Å². The lowest BCUT2D eigenvalue weighted by Gasteiger charge is -2.10. The van der Waals surface area contributed by atoms with Crippen LogP contribution in [0.15, 0.2) is 36.9 Å². The molecule has 6 heteroatoms. The number of ether oxygens (including phenoxy) is 1. The first-order valence-corrected chi connectivity index (χ1v) is 5.49. The van der Waals surface area contributed by atoms with Crippen molar-refractivity contribution in [1.29, 1.82) is 0 Å². The lowest BCUT2D eigenvalue weighted by Crippen LogP contribution is -2.26. The van der Waals surface area contributed by atoms with Gasteiger partial charge in [-0.15, -0.1) is 0 Å². The van der Waals surface area contributed by atoms with E-state index in [0.29, 0.717) is 5.69 Å². The first-order chi connectivity index (χ1) is 8.70. The van der Waals surface area contributed by atoms with Crippen molar-refractivity contribution in [2.75, 3.05) is 12.4 Å². The Morgan fingerprint density at radius 3 is 2.67 bits per heavy atom. The van der Waals surface area contributed by atoms with Gasteiger partial charge in [0.25, 0.3) is 5.91 Å². The van der Waals surface area contributed by atoms with Gasteiger partial charge in [0.2, 0.25) is 0 Å². The van der Waals surface area contributed by atoms with Crippen LogP contribution >= 0.6 is 0 Å². The zero-order valence-corrected chi connectivity index (χ0v) is 10.2. The fourth-order valence-corrected chi connectivity index (χ4v) is 1.39. The topological polar surface area (TPSA) is 69.0 Å². The van der Waals surface area contributed by atoms with Crippen LogP contribution in [0.3, 0.4) is 0 Å². The van der Waals surface area contributed by atoms with Gasteiger partial charge in [-0.3, -0.25) is 4.79 Å². The third-order valence-corrected chi connectivity index (χ3v) is 2.54. The molecule has 1 aromatic heterocycles. The number of rotatable bonds is 4. The number of amides is 1. The molecule has 0 aliphatic rings. The molecule has 0 aliphatic carbocycles. The summed E-state index contributed by atoms with van der Waals surface area (Å²) in [5.41, 5.74) is 1.60. The Morgan fingerprint density at radius 2 is 2.11 bits per heavy atom. The lowest BCUT2D eigenvalue weighted by atomic mass is 10.2. The number of benzene rings is 1. The summed E-state index contributed by atoms with van der Waals surface area (Å²) in [6.07, 6.45) is 2.61. The van der Waals surface area contributed by atoms with Crippen molar-refractivity contribution in [3.8, 4) is 5.69 Å². The molecule has 1 heterocycles. The number of carbonyl (C=O) groups excluding carboxylic acids is 1. The van der Waals surface area contributed by atoms with Gasteiger partial charge >= 0.3 is 0 Å². The zero-order chi connectivity index (χ0) is 13.0. The maximum atomic E-state index is 11.6. The number of anilines is 1. The Hall–Kier alpha value is -2.21. The summed E-state index contributed by atoms with van der Waals surface area (Å²) in [7, 11) is 1.50. The molecule has 0 spiro atoms. The highest BCUT2D eigenvalue weighted by Gasteiger charge is 2.11. The van der Waals surface area contributed by atoms with Gasteiger partial charge in [-0.1, -0.05) is 0 Å². The summed E-state index contributed by atoms with van der Waals surface area (Å²) in [5, 5.41) is 6.77. The molecule has 6 nitrogen and oxygen atoms in total. The number of carbonyl (C=O) groups is 1. The Balaban J connectivity index is 2.06. The van der Waals surface area contributed by atoms with Gasteiger partial charge in [-0.2, -0.15) is 5.10 Å². The fraction of sp³-hybridized carbons (Fsp3) is 0.250. The molecule has 0 radical (unpaired) electrons. The summed E-state index contributed by atoms with van der Waals surface area (Å²) in [6, 6.07) is 7.30. The van der Waals surface area contributed by atoms with Crippen molar-refractivity contribution in [1.82, 2.24) is 14.8 Å². The number of methoxy groups -OCH3 is 1. The summed E-state index contributed by atoms with van der Waals surface area (Å²) < 4.78 is 6.57. The molecule has 0 saturated carbocycles. The van der Waals surface area contributed by atoms with Crippen molar-refractivity contribution < 1.29 is 9.53 Å². The fourth-order valence-electron chi connectivity index (χ4n) is 1.39. The van der Waals surface area contributed by atoms with Gasteiger partial charge in [-0.05, 0) is 31.2 Å². The first-order valence-electron chi connectivity index (χ1n) is 5.49. The molecule has 1 amide bonds. The van der Waals surface area contributed by atoms with Crippen LogP contribution in [-0.2, 0) is 9.53 Å². The second-order valence-corrected chi connectivity index (χ2v) is 3.75. The molecule has 1 atom stereocenters. The quantitative estimate of drug-likeness (QED) is 0.881. The van der Waals surface area contributed by atoms with E-state index in [0.717, 1.165) is 5.69 Å². The summed E-state index contributed by atoms with van der Waals surface area (Å²) in [6.45, 7) is 1.69. The molecule has 0 aliphatic heterocycles. The average Bonchev–Trinajstić information content (AvgIpc) is 2.92. The Bertz CT molecular complexity index is 507. The van der Waals surface area contributed by atoms with Crippen LogP contribution in [0, 0.1) is 0 Å². The molecule has 1 aromatic carbocycles. The van der Waals surface area contributed by atoms with Gasteiger partial charge in [0.05, 0.1) is 5.69 Å². The molecule has 1 N–H and O–H groups in total. The largest absolute Gasteiger partial charge is 0.372 e. The number of nitrogens with one attached hydrogen (secondary N) is 1. The van der Waals surface area contributed by atoms with Gasteiger partial charge < -0.3 is 10.1 Å². The molecule has 0 fully saturated rings. The van der Waals surface area contributed by atoms with Crippen LogP contribution in [0.1, 0.15) is 6.92 Å². The van der Waals surface area contributed by atoms with E-state index in [1.165, 1.54) is 13.4 Å². The third-order valence-electron chi connectivity index (χ3n) is 2.54. The summed E-state index contributed by atoms with van der Waals surface area (Å²) in [4.78, 5) is 15.5. The van der Waals surface area contributed by atoms with E-state index < -0.39 is 6.10 Å². The molecule has 2 aromatic rings. The third kappa shape index (κ3) is 2.72. The van der Waals surface area contributed by atoms with Gasteiger partial charge in [0, 0.05) is 12.8 Å². The van der Waals surface area contributed by atoms with Crippen molar-refractivity contribution >= 4 is 11.6 Å². The maximum absolute atomic E-state index is 11.6. The minimum absolute atomic E-state index is 0.175. The van der Waals surface area contributed by atoms with Crippen LogP contribution in [0.4, 0.5) is 5.69 Å². The monoisotopic (exact) mass is 246 g/mol. The Morgan fingerprint density at radius 1 is 1.39 bits per heavy atom. The highest BCUT2D eigenvalue weighted by Crippen LogP contribution is 2.12. The van der Waals surface area contributed by atoms with Crippen molar-refractivity contribution in [3.05, 3.63) is 36.9 Å². The van der Waals surface area contributed by atoms with E-state index in [9.17, 15) is 4.79 Å². The molecule has 1 unspecified atom stereocenters. The Labute approximate surface area is 105 Å². The van der Waals surface area contributed by atoms with Crippen LogP contribution in [-0.4, -0.2) is 33.9 Å². The standard InChI is InChI=1S/C12H14N4O2/c1-9(18-2)12(17)15-10-3-5-11(6-4-10)16-8-13-7-14-16/h3-9H,1-2H3,(H,15,17). The molecular weight excluding hydrogens is 232 g/mol. The SMILES string of the molecule is COC(C)C(=O)Nc1ccc(-n2cncn2)cc1. The minimum Gasteiger partial charge on any atom is -0.372 e. The molecule has 2 rings (SSSR count). The van der Waals surface area contributed by atoms with Crippen LogP contribution < -0.4 is 5.32 Å². The van der Waals surface area contributed by atoms with E-state index >= 15 is 0 Å². The predicted octanol–water partition coefficient (Wildman–Crippen LogP) is 1.24. The maximum Gasteiger partial charge on any atom is 0.253 e. The predicted molar refractivity (Wildman–Crippen MR) is 66.5 cm³/mol. The molecular formula is C12H14N4O2. The lowest BCUT2D eigenvalue weighted by molar-refractivity contribution is -0.124. The van der Waals surface area contributed by atoms with Gasteiger partial charge in [0.1, 0.15) is 18.8 Å². The minimum atomic E-state index is -0.472. The molecule has 94 valence electrons. The van der Waals surface area contributed by atoms with E-state index in [1.54, 1.807) is 30.1 Å². The Kier molecular flexibility index (Phi) is 3.69. The highest BCUT2D eigenvalue weighted by molar-refractivity contribution is 5.93. The van der Waals surface area contributed by atoms with Gasteiger partial charge in [-0.25, -0.2) is 9.67 Å². The second kappa shape index (κ2) is 5.42. The molecule has 0 saturated heterocycles. The molecule has 0 bridgehead atoms. The van der Waals surface area contributed by atoms with E-state index in [1.807, 2.05) is 12.1 Å². The normalized spacial score (nSPS) is 12.1. The van der Waals surface area contributed by atoms with E-state index in [4.69, 9.17) is 4.74 Å².